The molecule has 0 aliphatic carbocycles. The van der Waals surface area contributed by atoms with Gasteiger partial charge in [0.1, 0.15) is 6.04 Å². The maximum Gasteiger partial charge on any atom is 0.266 e. The molecule has 5 nitrogen and oxygen atoms in total. The fourth-order valence-electron chi connectivity index (χ4n) is 2.34. The van der Waals surface area contributed by atoms with Crippen LogP contribution in [0.3, 0.4) is 0 Å². The average molecular weight is 340 g/mol. The summed E-state index contributed by atoms with van der Waals surface area (Å²) in [6.45, 7) is 4.17. The quantitative estimate of drug-likeness (QED) is 0.726. The molecule has 2 rings (SSSR count). The highest BCUT2D eigenvalue weighted by molar-refractivity contribution is 5.97. The SMILES string of the molecule is CC[C@H](C)[C@@H](NC(=O)c1ccccc1)C(=O)NOCc1ccccc1. The van der Waals surface area contributed by atoms with E-state index < -0.39 is 6.04 Å². The minimum Gasteiger partial charge on any atom is -0.340 e. The van der Waals surface area contributed by atoms with Crippen molar-refractivity contribution in [2.24, 2.45) is 5.92 Å². The lowest BCUT2D eigenvalue weighted by Crippen LogP contribution is -2.50. The summed E-state index contributed by atoms with van der Waals surface area (Å²) in [5.74, 6) is -0.647. The van der Waals surface area contributed by atoms with Gasteiger partial charge in [0.05, 0.1) is 6.61 Å². The Morgan fingerprint density at radius 3 is 2.20 bits per heavy atom. The Hall–Kier alpha value is -2.66. The third kappa shape index (κ3) is 5.72. The summed E-state index contributed by atoms with van der Waals surface area (Å²) in [7, 11) is 0. The molecule has 0 unspecified atom stereocenters. The van der Waals surface area contributed by atoms with E-state index in [9.17, 15) is 9.59 Å². The van der Waals surface area contributed by atoms with Crippen LogP contribution < -0.4 is 10.8 Å². The molecule has 132 valence electrons. The first-order chi connectivity index (χ1) is 12.1. The van der Waals surface area contributed by atoms with Crippen LogP contribution in [0.2, 0.25) is 0 Å². The summed E-state index contributed by atoms with van der Waals surface area (Å²) in [4.78, 5) is 30.1. The van der Waals surface area contributed by atoms with Crippen LogP contribution in [0.4, 0.5) is 0 Å². The lowest BCUT2D eigenvalue weighted by Gasteiger charge is -2.23. The van der Waals surface area contributed by atoms with Crippen molar-refractivity contribution in [2.45, 2.75) is 32.9 Å². The minimum atomic E-state index is -0.659. The molecule has 0 heterocycles. The molecule has 2 amide bonds. The van der Waals surface area contributed by atoms with Crippen LogP contribution in [-0.2, 0) is 16.2 Å². The third-order valence-electron chi connectivity index (χ3n) is 4.07. The van der Waals surface area contributed by atoms with Crippen LogP contribution in [0.15, 0.2) is 60.7 Å². The van der Waals surface area contributed by atoms with E-state index in [4.69, 9.17) is 4.84 Å². The van der Waals surface area contributed by atoms with Gasteiger partial charge in [-0.2, -0.15) is 0 Å². The number of amides is 2. The monoisotopic (exact) mass is 340 g/mol. The molecule has 2 aromatic rings. The topological polar surface area (TPSA) is 67.4 Å². The molecule has 0 aliphatic heterocycles. The van der Waals surface area contributed by atoms with Crippen LogP contribution in [0, 0.1) is 5.92 Å². The van der Waals surface area contributed by atoms with Crippen LogP contribution in [0.5, 0.6) is 0 Å². The van der Waals surface area contributed by atoms with E-state index in [0.717, 1.165) is 12.0 Å². The molecule has 0 saturated heterocycles. The Kier molecular flexibility index (Phi) is 7.16. The summed E-state index contributed by atoms with van der Waals surface area (Å²) in [5, 5.41) is 2.80. The van der Waals surface area contributed by atoms with E-state index in [-0.39, 0.29) is 24.3 Å². The van der Waals surface area contributed by atoms with Gasteiger partial charge in [-0.1, -0.05) is 68.8 Å². The van der Waals surface area contributed by atoms with Crippen LogP contribution in [-0.4, -0.2) is 17.9 Å². The van der Waals surface area contributed by atoms with Gasteiger partial charge in [0, 0.05) is 5.56 Å². The number of hydroxylamine groups is 1. The van der Waals surface area contributed by atoms with E-state index in [2.05, 4.69) is 10.8 Å². The summed E-state index contributed by atoms with van der Waals surface area (Å²) >= 11 is 0. The first kappa shape index (κ1) is 18.7. The Balaban J connectivity index is 1.94. The van der Waals surface area contributed by atoms with E-state index in [1.165, 1.54) is 0 Å². The molecule has 25 heavy (non-hydrogen) atoms. The lowest BCUT2D eigenvalue weighted by molar-refractivity contribution is -0.137. The molecule has 0 aliphatic rings. The molecule has 0 aromatic heterocycles. The minimum absolute atomic E-state index is 0.0204. The normalized spacial score (nSPS) is 12.9. The third-order valence-corrected chi connectivity index (χ3v) is 4.07. The number of hydrogen-bond donors (Lipinski definition) is 2. The molecule has 2 aromatic carbocycles. The van der Waals surface area contributed by atoms with Crippen LogP contribution >= 0.6 is 0 Å². The Bertz CT molecular complexity index is 674. The van der Waals surface area contributed by atoms with Crippen molar-refractivity contribution >= 4 is 11.8 Å². The number of rotatable bonds is 8. The second-order valence-corrected chi connectivity index (χ2v) is 5.94. The number of carbonyl (C=O) groups excluding carboxylic acids is 2. The maximum absolute atomic E-state index is 12.4. The van der Waals surface area contributed by atoms with Crippen molar-refractivity contribution in [2.75, 3.05) is 0 Å². The van der Waals surface area contributed by atoms with E-state index in [1.807, 2.05) is 50.2 Å². The molecule has 0 radical (unpaired) electrons. The Morgan fingerprint density at radius 1 is 1.00 bits per heavy atom. The predicted octanol–water partition coefficient (Wildman–Crippen LogP) is 3.08. The van der Waals surface area contributed by atoms with Crippen molar-refractivity contribution in [3.8, 4) is 0 Å². The zero-order valence-corrected chi connectivity index (χ0v) is 14.6. The molecule has 0 spiro atoms. The van der Waals surface area contributed by atoms with Gasteiger partial charge in [0.25, 0.3) is 11.8 Å². The number of hydrogen-bond acceptors (Lipinski definition) is 3. The van der Waals surface area contributed by atoms with Gasteiger partial charge in [-0.3, -0.25) is 14.4 Å². The molecular formula is C20H24N2O3. The highest BCUT2D eigenvalue weighted by Crippen LogP contribution is 2.10. The highest BCUT2D eigenvalue weighted by atomic mass is 16.6. The summed E-state index contributed by atoms with van der Waals surface area (Å²) in [6, 6.07) is 17.7. The molecule has 5 heteroatoms. The Labute approximate surface area is 148 Å². The average Bonchev–Trinajstić information content (AvgIpc) is 2.66. The molecule has 2 atom stereocenters. The zero-order valence-electron chi connectivity index (χ0n) is 14.6. The molecule has 0 bridgehead atoms. The van der Waals surface area contributed by atoms with E-state index in [1.54, 1.807) is 24.3 Å². The van der Waals surface area contributed by atoms with Crippen molar-refractivity contribution in [1.82, 2.24) is 10.8 Å². The van der Waals surface area contributed by atoms with Gasteiger partial charge in [-0.05, 0) is 23.6 Å². The second kappa shape index (κ2) is 9.59. The molecule has 0 saturated carbocycles. The molecule has 0 fully saturated rings. The molecular weight excluding hydrogens is 316 g/mol. The highest BCUT2D eigenvalue weighted by Gasteiger charge is 2.26. The van der Waals surface area contributed by atoms with Crippen molar-refractivity contribution in [3.63, 3.8) is 0 Å². The van der Waals surface area contributed by atoms with E-state index >= 15 is 0 Å². The van der Waals surface area contributed by atoms with Crippen molar-refractivity contribution in [1.29, 1.82) is 0 Å². The second-order valence-electron chi connectivity index (χ2n) is 5.94. The predicted molar refractivity (Wildman–Crippen MR) is 96.5 cm³/mol. The van der Waals surface area contributed by atoms with Gasteiger partial charge >= 0.3 is 0 Å². The van der Waals surface area contributed by atoms with Gasteiger partial charge in [-0.15, -0.1) is 0 Å². The lowest BCUT2D eigenvalue weighted by atomic mass is 9.98. The van der Waals surface area contributed by atoms with E-state index in [0.29, 0.717) is 5.56 Å². The standard InChI is InChI=1S/C20H24N2O3/c1-3-15(2)18(21-19(23)17-12-8-5-9-13-17)20(24)22-25-14-16-10-6-4-7-11-16/h4-13,15,18H,3,14H2,1-2H3,(H,21,23)(H,22,24)/t15-,18+/m0/s1. The van der Waals surface area contributed by atoms with Gasteiger partial charge in [0.15, 0.2) is 0 Å². The van der Waals surface area contributed by atoms with Crippen LogP contribution in [0.1, 0.15) is 36.2 Å². The summed E-state index contributed by atoms with van der Waals surface area (Å²) in [6.07, 6.45) is 0.756. The van der Waals surface area contributed by atoms with Gasteiger partial charge < -0.3 is 5.32 Å². The first-order valence-electron chi connectivity index (χ1n) is 8.43. The number of nitrogens with one attached hydrogen (secondary N) is 2. The Morgan fingerprint density at radius 2 is 1.60 bits per heavy atom. The summed E-state index contributed by atoms with van der Waals surface area (Å²) in [5.41, 5.74) is 3.93. The molecule has 2 N–H and O–H groups in total. The van der Waals surface area contributed by atoms with Crippen molar-refractivity contribution in [3.05, 3.63) is 71.8 Å². The van der Waals surface area contributed by atoms with Crippen molar-refractivity contribution < 1.29 is 14.4 Å². The smallest absolute Gasteiger partial charge is 0.266 e. The van der Waals surface area contributed by atoms with Gasteiger partial charge in [-0.25, -0.2) is 5.48 Å². The largest absolute Gasteiger partial charge is 0.340 e. The first-order valence-corrected chi connectivity index (χ1v) is 8.43. The number of carbonyl (C=O) groups is 2. The fourth-order valence-corrected chi connectivity index (χ4v) is 2.34. The fraction of sp³-hybridized carbons (Fsp3) is 0.300. The van der Waals surface area contributed by atoms with Crippen LogP contribution in [0.25, 0.3) is 0 Å². The zero-order chi connectivity index (χ0) is 18.1. The van der Waals surface area contributed by atoms with Gasteiger partial charge in [0.2, 0.25) is 0 Å². The summed E-state index contributed by atoms with van der Waals surface area (Å²) < 4.78 is 0. The maximum atomic E-state index is 12.4. The number of benzene rings is 2.